The summed E-state index contributed by atoms with van der Waals surface area (Å²) >= 11 is 0. The molecule has 1 fully saturated rings. The van der Waals surface area contributed by atoms with Crippen molar-refractivity contribution in [3.05, 3.63) is 29.8 Å². The molecule has 1 saturated heterocycles. The van der Waals surface area contributed by atoms with Crippen LogP contribution in [-0.4, -0.2) is 62.5 Å². The molecule has 2 heterocycles. The van der Waals surface area contributed by atoms with Gasteiger partial charge in [-0.1, -0.05) is 18.2 Å². The van der Waals surface area contributed by atoms with Crippen molar-refractivity contribution in [2.45, 2.75) is 5.92 Å². The van der Waals surface area contributed by atoms with Crippen LogP contribution in [0.15, 0.2) is 24.3 Å². The van der Waals surface area contributed by atoms with E-state index >= 15 is 0 Å². The normalized spacial score (nSPS) is 22.7. The van der Waals surface area contributed by atoms with Gasteiger partial charge in [-0.25, -0.2) is 8.42 Å². The smallest absolute Gasteiger partial charge is 0.232 e. The molecular formula is C14H19N3O3S. The molecule has 2 aliphatic heterocycles. The largest absolute Gasteiger partial charge is 0.384 e. The van der Waals surface area contributed by atoms with Crippen LogP contribution in [0.4, 0.5) is 5.69 Å². The van der Waals surface area contributed by atoms with Gasteiger partial charge in [0.1, 0.15) is 0 Å². The molecule has 2 aliphatic rings. The molecule has 1 aromatic rings. The number of benzene rings is 1. The second-order valence-corrected chi connectivity index (χ2v) is 7.49. The lowest BCUT2D eigenvalue weighted by Gasteiger charge is -2.34. The minimum atomic E-state index is -3.16. The van der Waals surface area contributed by atoms with Gasteiger partial charge < -0.3 is 10.2 Å². The van der Waals surface area contributed by atoms with E-state index in [9.17, 15) is 13.2 Å². The minimum Gasteiger partial charge on any atom is -0.384 e. The zero-order valence-electron chi connectivity index (χ0n) is 11.9. The first kappa shape index (κ1) is 14.3. The molecule has 1 amide bonds. The third-order valence-corrected chi connectivity index (χ3v) is 5.45. The molecule has 0 aliphatic carbocycles. The summed E-state index contributed by atoms with van der Waals surface area (Å²) in [6, 6.07) is 7.84. The molecule has 0 saturated carbocycles. The van der Waals surface area contributed by atoms with Gasteiger partial charge in [0.15, 0.2) is 0 Å². The van der Waals surface area contributed by atoms with Crippen molar-refractivity contribution < 1.29 is 13.2 Å². The van der Waals surface area contributed by atoms with Crippen molar-refractivity contribution in [1.29, 1.82) is 0 Å². The molecule has 1 unspecified atom stereocenters. The number of hydrogen-bond donors (Lipinski definition) is 1. The van der Waals surface area contributed by atoms with E-state index in [0.717, 1.165) is 11.3 Å². The van der Waals surface area contributed by atoms with Crippen LogP contribution in [0.1, 0.15) is 11.5 Å². The van der Waals surface area contributed by atoms with Crippen molar-refractivity contribution in [3.8, 4) is 0 Å². The fraction of sp³-hybridized carbons (Fsp3) is 0.500. The fourth-order valence-electron chi connectivity index (χ4n) is 2.96. The summed E-state index contributed by atoms with van der Waals surface area (Å²) in [7, 11) is -3.16. The Morgan fingerprint density at radius 3 is 2.52 bits per heavy atom. The van der Waals surface area contributed by atoms with Gasteiger partial charge in [-0.05, 0) is 11.6 Å². The van der Waals surface area contributed by atoms with E-state index in [1.54, 1.807) is 4.90 Å². The number of fused-ring (bicyclic) bond motifs is 1. The van der Waals surface area contributed by atoms with Crippen molar-refractivity contribution in [1.82, 2.24) is 9.21 Å². The average molecular weight is 309 g/mol. The summed E-state index contributed by atoms with van der Waals surface area (Å²) in [6.45, 7) is 2.30. The molecule has 0 radical (unpaired) electrons. The number of carbonyl (C=O) groups is 1. The van der Waals surface area contributed by atoms with Crippen molar-refractivity contribution in [3.63, 3.8) is 0 Å². The molecule has 0 spiro atoms. The second-order valence-electron chi connectivity index (χ2n) is 5.51. The standard InChI is InChI=1S/C14H19N3O3S/c1-21(19,20)17-8-6-16(7-9-17)14(18)12-10-15-13-5-3-2-4-11(12)13/h2-5,12,15H,6-10H2,1H3. The van der Waals surface area contributed by atoms with Gasteiger partial charge in [-0.3, -0.25) is 4.79 Å². The molecule has 114 valence electrons. The molecule has 7 heteroatoms. The summed E-state index contributed by atoms with van der Waals surface area (Å²) in [4.78, 5) is 14.4. The Hall–Kier alpha value is -1.60. The number of piperazine rings is 1. The maximum atomic E-state index is 12.6. The Labute approximate surface area is 124 Å². The zero-order chi connectivity index (χ0) is 15.0. The quantitative estimate of drug-likeness (QED) is 0.853. The fourth-order valence-corrected chi connectivity index (χ4v) is 3.79. The number of amides is 1. The Kier molecular flexibility index (Phi) is 3.62. The first-order chi connectivity index (χ1) is 9.97. The number of hydrogen-bond acceptors (Lipinski definition) is 4. The number of para-hydroxylation sites is 1. The Balaban J connectivity index is 1.69. The average Bonchev–Trinajstić information content (AvgIpc) is 2.90. The Morgan fingerprint density at radius 1 is 1.19 bits per heavy atom. The van der Waals surface area contributed by atoms with Gasteiger partial charge in [0.25, 0.3) is 0 Å². The van der Waals surface area contributed by atoms with Crippen molar-refractivity contribution >= 4 is 21.6 Å². The summed E-state index contributed by atoms with van der Waals surface area (Å²) < 4.78 is 24.4. The van der Waals surface area contributed by atoms with E-state index in [1.807, 2.05) is 24.3 Å². The Bertz CT molecular complexity index is 651. The summed E-state index contributed by atoms with van der Waals surface area (Å²) in [5, 5.41) is 3.25. The zero-order valence-corrected chi connectivity index (χ0v) is 12.8. The summed E-state index contributed by atoms with van der Waals surface area (Å²) in [6.07, 6.45) is 1.21. The number of anilines is 1. The molecule has 3 rings (SSSR count). The van der Waals surface area contributed by atoms with E-state index in [-0.39, 0.29) is 11.8 Å². The lowest BCUT2D eigenvalue weighted by Crippen LogP contribution is -2.51. The first-order valence-electron chi connectivity index (χ1n) is 7.03. The van der Waals surface area contributed by atoms with Crippen LogP contribution in [0.5, 0.6) is 0 Å². The SMILES string of the molecule is CS(=O)(=O)N1CCN(C(=O)C2CNc3ccccc32)CC1. The maximum Gasteiger partial charge on any atom is 0.232 e. The van der Waals surface area contributed by atoms with E-state index in [0.29, 0.717) is 32.7 Å². The molecule has 0 bridgehead atoms. The lowest BCUT2D eigenvalue weighted by molar-refractivity contribution is -0.133. The number of nitrogens with zero attached hydrogens (tertiary/aromatic N) is 2. The van der Waals surface area contributed by atoms with Crippen molar-refractivity contribution in [2.24, 2.45) is 0 Å². The summed E-state index contributed by atoms with van der Waals surface area (Å²) in [5.74, 6) is -0.0772. The van der Waals surface area contributed by atoms with Crippen LogP contribution in [0.3, 0.4) is 0 Å². The highest BCUT2D eigenvalue weighted by Gasteiger charge is 2.34. The van der Waals surface area contributed by atoms with Gasteiger partial charge >= 0.3 is 0 Å². The Morgan fingerprint density at radius 2 is 1.86 bits per heavy atom. The van der Waals surface area contributed by atoms with Crippen LogP contribution in [0, 0.1) is 0 Å². The molecule has 1 N–H and O–H groups in total. The van der Waals surface area contributed by atoms with E-state index in [4.69, 9.17) is 0 Å². The highest BCUT2D eigenvalue weighted by molar-refractivity contribution is 7.88. The molecular weight excluding hydrogens is 290 g/mol. The first-order valence-corrected chi connectivity index (χ1v) is 8.88. The van der Waals surface area contributed by atoms with Gasteiger partial charge in [-0.15, -0.1) is 0 Å². The lowest BCUT2D eigenvalue weighted by atomic mass is 9.99. The van der Waals surface area contributed by atoms with Crippen LogP contribution in [0.2, 0.25) is 0 Å². The van der Waals surface area contributed by atoms with E-state index < -0.39 is 10.0 Å². The predicted molar refractivity (Wildman–Crippen MR) is 80.7 cm³/mol. The number of sulfonamides is 1. The van der Waals surface area contributed by atoms with E-state index in [2.05, 4.69) is 5.32 Å². The summed E-state index contributed by atoms with van der Waals surface area (Å²) in [5.41, 5.74) is 2.05. The molecule has 6 nitrogen and oxygen atoms in total. The molecule has 1 aromatic carbocycles. The number of rotatable bonds is 2. The highest BCUT2D eigenvalue weighted by Crippen LogP contribution is 2.32. The third kappa shape index (κ3) is 2.75. The second kappa shape index (κ2) is 5.31. The molecule has 0 aromatic heterocycles. The molecule has 1 atom stereocenters. The van der Waals surface area contributed by atoms with Crippen LogP contribution >= 0.6 is 0 Å². The van der Waals surface area contributed by atoms with Crippen molar-refractivity contribution in [2.75, 3.05) is 44.3 Å². The van der Waals surface area contributed by atoms with E-state index in [1.165, 1.54) is 10.6 Å². The topological polar surface area (TPSA) is 69.7 Å². The molecule has 21 heavy (non-hydrogen) atoms. The van der Waals surface area contributed by atoms with Crippen LogP contribution in [-0.2, 0) is 14.8 Å². The third-order valence-electron chi connectivity index (χ3n) is 4.15. The van der Waals surface area contributed by atoms with Gasteiger partial charge in [0.05, 0.1) is 12.2 Å². The maximum absolute atomic E-state index is 12.6. The van der Waals surface area contributed by atoms with Gasteiger partial charge in [0, 0.05) is 38.4 Å². The monoisotopic (exact) mass is 309 g/mol. The minimum absolute atomic E-state index is 0.0839. The predicted octanol–water partition coefficient (Wildman–Crippen LogP) is 0.299. The number of nitrogens with one attached hydrogen (secondary N) is 1. The van der Waals surface area contributed by atoms with Crippen LogP contribution < -0.4 is 5.32 Å². The highest BCUT2D eigenvalue weighted by atomic mass is 32.2. The van der Waals surface area contributed by atoms with Gasteiger partial charge in [-0.2, -0.15) is 4.31 Å². The number of carbonyl (C=O) groups excluding carboxylic acids is 1. The van der Waals surface area contributed by atoms with Gasteiger partial charge in [0.2, 0.25) is 15.9 Å². The van der Waals surface area contributed by atoms with Crippen LogP contribution in [0.25, 0.3) is 0 Å².